The van der Waals surface area contributed by atoms with Crippen LogP contribution < -0.4 is 5.32 Å². The number of benzene rings is 1. The van der Waals surface area contributed by atoms with Crippen LogP contribution >= 0.6 is 0 Å². The molecular formula is C18H23N3O. The fraction of sp³-hybridized carbons (Fsp3) is 0.444. The van der Waals surface area contributed by atoms with Gasteiger partial charge in [0.05, 0.1) is 5.52 Å². The number of nitrogens with zero attached hydrogens (tertiary/aromatic N) is 2. The molecule has 0 spiro atoms. The smallest absolute Gasteiger partial charge is 0.272 e. The molecule has 22 heavy (non-hydrogen) atoms. The average Bonchev–Trinajstić information content (AvgIpc) is 2.59. The van der Waals surface area contributed by atoms with E-state index in [2.05, 4.69) is 10.3 Å². The van der Waals surface area contributed by atoms with Crippen LogP contribution in [0.1, 0.15) is 29.8 Å². The second-order valence-electron chi connectivity index (χ2n) is 6.02. The summed E-state index contributed by atoms with van der Waals surface area (Å²) in [6.07, 6.45) is 3.40. The minimum atomic E-state index is 0.0674. The molecule has 0 aliphatic carbocycles. The summed E-state index contributed by atoms with van der Waals surface area (Å²) in [7, 11) is 1.99. The van der Waals surface area contributed by atoms with E-state index in [-0.39, 0.29) is 5.91 Å². The SMILES string of the molecule is CNCCC1CCN(C(=O)c2ccc3ccccc3n2)CC1. The van der Waals surface area contributed by atoms with Crippen molar-refractivity contribution in [2.75, 3.05) is 26.7 Å². The molecule has 1 aromatic heterocycles. The summed E-state index contributed by atoms with van der Waals surface area (Å²) in [6.45, 7) is 2.76. The lowest BCUT2D eigenvalue weighted by molar-refractivity contribution is 0.0681. The highest BCUT2D eigenvalue weighted by atomic mass is 16.2. The van der Waals surface area contributed by atoms with Crippen molar-refractivity contribution >= 4 is 16.8 Å². The Morgan fingerprint density at radius 3 is 2.77 bits per heavy atom. The summed E-state index contributed by atoms with van der Waals surface area (Å²) in [5.74, 6) is 0.805. The van der Waals surface area contributed by atoms with Gasteiger partial charge in [-0.1, -0.05) is 24.3 Å². The molecule has 0 atom stereocenters. The highest BCUT2D eigenvalue weighted by molar-refractivity contribution is 5.94. The molecular weight excluding hydrogens is 274 g/mol. The third-order valence-electron chi connectivity index (χ3n) is 4.52. The Labute approximate surface area is 131 Å². The van der Waals surface area contributed by atoms with Gasteiger partial charge in [-0.25, -0.2) is 4.98 Å². The van der Waals surface area contributed by atoms with Crippen molar-refractivity contribution in [2.45, 2.75) is 19.3 Å². The van der Waals surface area contributed by atoms with Gasteiger partial charge in [-0.2, -0.15) is 0 Å². The van der Waals surface area contributed by atoms with Gasteiger partial charge in [0.2, 0.25) is 0 Å². The number of pyridine rings is 1. The molecule has 0 saturated carbocycles. The lowest BCUT2D eigenvalue weighted by Crippen LogP contribution is -2.39. The number of aromatic nitrogens is 1. The van der Waals surface area contributed by atoms with Gasteiger partial charge in [0.1, 0.15) is 5.69 Å². The van der Waals surface area contributed by atoms with E-state index in [1.807, 2.05) is 48.3 Å². The van der Waals surface area contributed by atoms with E-state index >= 15 is 0 Å². The number of rotatable bonds is 4. The molecule has 1 aliphatic heterocycles. The van der Waals surface area contributed by atoms with Crippen molar-refractivity contribution in [2.24, 2.45) is 5.92 Å². The first kappa shape index (κ1) is 15.0. The largest absolute Gasteiger partial charge is 0.337 e. The van der Waals surface area contributed by atoms with Crippen LogP contribution in [0.25, 0.3) is 10.9 Å². The number of hydrogen-bond donors (Lipinski definition) is 1. The van der Waals surface area contributed by atoms with Crippen LogP contribution in [-0.2, 0) is 0 Å². The molecule has 4 heteroatoms. The number of piperidine rings is 1. The summed E-state index contributed by atoms with van der Waals surface area (Å²) < 4.78 is 0. The van der Waals surface area contributed by atoms with Gasteiger partial charge in [0, 0.05) is 18.5 Å². The summed E-state index contributed by atoms with van der Waals surface area (Å²) >= 11 is 0. The fourth-order valence-corrected chi connectivity index (χ4v) is 3.12. The zero-order valence-electron chi connectivity index (χ0n) is 13.1. The summed E-state index contributed by atoms with van der Waals surface area (Å²) in [6, 6.07) is 11.7. The number of para-hydroxylation sites is 1. The van der Waals surface area contributed by atoms with Gasteiger partial charge in [-0.05, 0) is 50.9 Å². The highest BCUT2D eigenvalue weighted by Gasteiger charge is 2.24. The predicted molar refractivity (Wildman–Crippen MR) is 88.9 cm³/mol. The average molecular weight is 297 g/mol. The molecule has 1 amide bonds. The Balaban J connectivity index is 1.66. The number of carbonyl (C=O) groups excluding carboxylic acids is 1. The second kappa shape index (κ2) is 6.88. The minimum absolute atomic E-state index is 0.0674. The van der Waals surface area contributed by atoms with E-state index in [0.29, 0.717) is 5.69 Å². The summed E-state index contributed by atoms with van der Waals surface area (Å²) in [4.78, 5) is 19.1. The first-order chi connectivity index (χ1) is 10.8. The van der Waals surface area contributed by atoms with Gasteiger partial charge in [0.15, 0.2) is 0 Å². The van der Waals surface area contributed by atoms with Crippen LogP contribution in [0.15, 0.2) is 36.4 Å². The summed E-state index contributed by atoms with van der Waals surface area (Å²) in [5, 5.41) is 4.28. The molecule has 0 radical (unpaired) electrons. The van der Waals surface area contributed by atoms with E-state index in [9.17, 15) is 4.79 Å². The van der Waals surface area contributed by atoms with Gasteiger partial charge in [-0.15, -0.1) is 0 Å². The van der Waals surface area contributed by atoms with Crippen LogP contribution in [0.2, 0.25) is 0 Å². The molecule has 116 valence electrons. The van der Waals surface area contributed by atoms with E-state index in [1.54, 1.807) is 0 Å². The van der Waals surface area contributed by atoms with Gasteiger partial charge in [-0.3, -0.25) is 4.79 Å². The Hall–Kier alpha value is -1.94. The number of fused-ring (bicyclic) bond motifs is 1. The zero-order valence-corrected chi connectivity index (χ0v) is 13.1. The molecule has 0 unspecified atom stereocenters. The van der Waals surface area contributed by atoms with Crippen LogP contribution in [-0.4, -0.2) is 42.5 Å². The molecule has 1 saturated heterocycles. The normalized spacial score (nSPS) is 16.1. The third-order valence-corrected chi connectivity index (χ3v) is 4.52. The van der Waals surface area contributed by atoms with E-state index in [4.69, 9.17) is 0 Å². The van der Waals surface area contributed by atoms with Crippen LogP contribution in [0.3, 0.4) is 0 Å². The molecule has 1 aromatic carbocycles. The maximum Gasteiger partial charge on any atom is 0.272 e. The second-order valence-corrected chi connectivity index (χ2v) is 6.02. The lowest BCUT2D eigenvalue weighted by Gasteiger charge is -2.31. The van der Waals surface area contributed by atoms with Crippen molar-refractivity contribution in [1.82, 2.24) is 15.2 Å². The van der Waals surface area contributed by atoms with Crippen molar-refractivity contribution < 1.29 is 4.79 Å². The number of nitrogens with one attached hydrogen (secondary N) is 1. The Morgan fingerprint density at radius 2 is 2.00 bits per heavy atom. The maximum absolute atomic E-state index is 12.6. The van der Waals surface area contributed by atoms with Crippen molar-refractivity contribution in [3.8, 4) is 0 Å². The van der Waals surface area contributed by atoms with Crippen molar-refractivity contribution in [3.63, 3.8) is 0 Å². The maximum atomic E-state index is 12.6. The van der Waals surface area contributed by atoms with Crippen LogP contribution in [0.5, 0.6) is 0 Å². The fourth-order valence-electron chi connectivity index (χ4n) is 3.12. The van der Waals surface area contributed by atoms with Crippen molar-refractivity contribution in [1.29, 1.82) is 0 Å². The number of likely N-dealkylation sites (tertiary alicyclic amines) is 1. The molecule has 2 aromatic rings. The molecule has 1 N–H and O–H groups in total. The molecule has 3 rings (SSSR count). The number of hydrogen-bond acceptors (Lipinski definition) is 3. The van der Waals surface area contributed by atoms with E-state index < -0.39 is 0 Å². The topological polar surface area (TPSA) is 45.2 Å². The van der Waals surface area contributed by atoms with Gasteiger partial charge >= 0.3 is 0 Å². The monoisotopic (exact) mass is 297 g/mol. The Bertz CT molecular complexity index is 648. The highest BCUT2D eigenvalue weighted by Crippen LogP contribution is 2.21. The van der Waals surface area contributed by atoms with E-state index in [0.717, 1.165) is 49.3 Å². The van der Waals surface area contributed by atoms with Gasteiger partial charge in [0.25, 0.3) is 5.91 Å². The number of amides is 1. The zero-order chi connectivity index (χ0) is 15.4. The molecule has 2 heterocycles. The quantitative estimate of drug-likeness (QED) is 0.943. The predicted octanol–water partition coefficient (Wildman–Crippen LogP) is 2.70. The molecule has 1 fully saturated rings. The lowest BCUT2D eigenvalue weighted by atomic mass is 9.93. The number of carbonyl (C=O) groups is 1. The van der Waals surface area contributed by atoms with Crippen LogP contribution in [0, 0.1) is 5.92 Å². The Morgan fingerprint density at radius 1 is 1.23 bits per heavy atom. The molecule has 0 bridgehead atoms. The minimum Gasteiger partial charge on any atom is -0.337 e. The van der Waals surface area contributed by atoms with E-state index in [1.165, 1.54) is 6.42 Å². The summed E-state index contributed by atoms with van der Waals surface area (Å²) in [5.41, 5.74) is 1.45. The molecule has 4 nitrogen and oxygen atoms in total. The molecule has 1 aliphatic rings. The van der Waals surface area contributed by atoms with Gasteiger partial charge < -0.3 is 10.2 Å². The standard InChI is InChI=1S/C18H23N3O/c1-19-11-8-14-9-12-21(13-10-14)18(22)17-7-6-15-4-2-3-5-16(15)20-17/h2-7,14,19H,8-13H2,1H3. The first-order valence-electron chi connectivity index (χ1n) is 8.07. The van der Waals surface area contributed by atoms with Crippen molar-refractivity contribution in [3.05, 3.63) is 42.1 Å². The Kier molecular flexibility index (Phi) is 4.68. The first-order valence-corrected chi connectivity index (χ1v) is 8.07. The third kappa shape index (κ3) is 3.28. The van der Waals surface area contributed by atoms with Crippen LogP contribution in [0.4, 0.5) is 0 Å².